The summed E-state index contributed by atoms with van der Waals surface area (Å²) in [6.45, 7) is 13.1. The summed E-state index contributed by atoms with van der Waals surface area (Å²) >= 11 is 0. The van der Waals surface area contributed by atoms with Gasteiger partial charge in [-0.25, -0.2) is 4.79 Å². The molecule has 9 nitrogen and oxygen atoms in total. The van der Waals surface area contributed by atoms with Crippen molar-refractivity contribution in [3.8, 4) is 5.75 Å². The fourth-order valence-corrected chi connectivity index (χ4v) is 2.87. The van der Waals surface area contributed by atoms with E-state index in [1.165, 1.54) is 24.3 Å². The first-order chi connectivity index (χ1) is 13.5. The number of carbonyl (C=O) groups excluding carboxylic acids is 1. The number of carbonyl (C=O) groups is 1. The molecule has 1 rings (SSSR count). The zero-order valence-electron chi connectivity index (χ0n) is 17.8. The molecule has 0 saturated carbocycles. The topological polar surface area (TPSA) is 106 Å². The second-order valence-electron chi connectivity index (χ2n) is 7.79. The van der Waals surface area contributed by atoms with E-state index < -0.39 is 19.4 Å². The second kappa shape index (κ2) is 11.9. The summed E-state index contributed by atoms with van der Waals surface area (Å²) in [6.07, 6.45) is -0.901. The van der Waals surface area contributed by atoms with Gasteiger partial charge < -0.3 is 23.4 Å². The van der Waals surface area contributed by atoms with Crippen LogP contribution in [-0.4, -0.2) is 59.0 Å². The molecule has 0 fully saturated rings. The van der Waals surface area contributed by atoms with Crippen molar-refractivity contribution in [3.05, 3.63) is 34.4 Å². The van der Waals surface area contributed by atoms with Gasteiger partial charge in [0.1, 0.15) is 12.4 Å². The lowest BCUT2D eigenvalue weighted by Crippen LogP contribution is -2.41. The Morgan fingerprint density at radius 1 is 0.966 bits per heavy atom. The van der Waals surface area contributed by atoms with E-state index in [0.29, 0.717) is 26.4 Å². The number of nitrogens with zero attached hydrogens (tertiary/aromatic N) is 1. The van der Waals surface area contributed by atoms with E-state index in [1.807, 2.05) is 0 Å². The SMILES string of the molecule is CC(C)(C)[Si](C)(C)OCCOCCOCCOC(=O)Oc1ccc([N+](=O)[O-])cc1. The van der Waals surface area contributed by atoms with Crippen molar-refractivity contribution >= 4 is 20.2 Å². The lowest BCUT2D eigenvalue weighted by molar-refractivity contribution is -0.384. The molecule has 0 aliphatic carbocycles. The van der Waals surface area contributed by atoms with Crippen LogP contribution in [0.4, 0.5) is 10.5 Å². The molecule has 10 heteroatoms. The molecule has 0 heterocycles. The Balaban J connectivity index is 2.03. The molecule has 0 aliphatic heterocycles. The molecule has 0 saturated heterocycles. The van der Waals surface area contributed by atoms with Crippen LogP contribution in [0.5, 0.6) is 5.75 Å². The molecule has 0 aromatic heterocycles. The number of nitro benzene ring substituents is 1. The normalized spacial score (nSPS) is 11.9. The van der Waals surface area contributed by atoms with Crippen molar-refractivity contribution < 1.29 is 33.1 Å². The molecule has 0 bridgehead atoms. The monoisotopic (exact) mass is 429 g/mol. The molecule has 0 unspecified atom stereocenters. The van der Waals surface area contributed by atoms with Gasteiger partial charge >= 0.3 is 6.16 Å². The van der Waals surface area contributed by atoms with Crippen LogP contribution in [-0.2, 0) is 18.6 Å². The highest BCUT2D eigenvalue weighted by Crippen LogP contribution is 2.36. The Bertz CT molecular complexity index is 643. The molecule has 0 atom stereocenters. The van der Waals surface area contributed by atoms with E-state index in [9.17, 15) is 14.9 Å². The molecule has 0 radical (unpaired) electrons. The minimum absolute atomic E-state index is 0.0281. The Kier molecular flexibility index (Phi) is 10.2. The maximum absolute atomic E-state index is 11.5. The van der Waals surface area contributed by atoms with Crippen molar-refractivity contribution in [2.24, 2.45) is 0 Å². The highest BCUT2D eigenvalue weighted by Gasteiger charge is 2.36. The average Bonchev–Trinajstić information content (AvgIpc) is 2.62. The van der Waals surface area contributed by atoms with Crippen LogP contribution in [0, 0.1) is 10.1 Å². The summed E-state index contributed by atoms with van der Waals surface area (Å²) in [5, 5.41) is 10.7. The van der Waals surface area contributed by atoms with Crippen LogP contribution in [0.1, 0.15) is 20.8 Å². The van der Waals surface area contributed by atoms with Gasteiger partial charge in [0, 0.05) is 12.1 Å². The number of ether oxygens (including phenoxy) is 4. The first-order valence-corrected chi connectivity index (χ1v) is 12.3. The molecule has 0 spiro atoms. The van der Waals surface area contributed by atoms with Crippen LogP contribution in [0.25, 0.3) is 0 Å². The number of hydrogen-bond acceptors (Lipinski definition) is 8. The molecule has 29 heavy (non-hydrogen) atoms. The van der Waals surface area contributed by atoms with Crippen molar-refractivity contribution in [2.75, 3.05) is 39.6 Å². The van der Waals surface area contributed by atoms with Gasteiger partial charge in [-0.15, -0.1) is 0 Å². The summed E-state index contributed by atoms with van der Waals surface area (Å²) in [5.41, 5.74) is -0.0899. The Morgan fingerprint density at radius 2 is 1.48 bits per heavy atom. The van der Waals surface area contributed by atoms with Gasteiger partial charge in [-0.2, -0.15) is 0 Å². The first kappa shape index (κ1) is 25.0. The molecule has 0 N–H and O–H groups in total. The first-order valence-electron chi connectivity index (χ1n) is 9.41. The molecule has 0 aliphatic rings. The third kappa shape index (κ3) is 9.84. The van der Waals surface area contributed by atoms with Crippen LogP contribution in [0.2, 0.25) is 18.1 Å². The van der Waals surface area contributed by atoms with E-state index in [0.717, 1.165) is 0 Å². The number of non-ortho nitro benzene ring substituents is 1. The van der Waals surface area contributed by atoms with Crippen molar-refractivity contribution in [2.45, 2.75) is 38.9 Å². The maximum atomic E-state index is 11.5. The summed E-state index contributed by atoms with van der Waals surface area (Å²) in [4.78, 5) is 21.5. The fourth-order valence-electron chi connectivity index (χ4n) is 1.84. The maximum Gasteiger partial charge on any atom is 0.513 e. The Labute approximate surface area is 172 Å². The zero-order chi connectivity index (χ0) is 21.9. The number of nitro groups is 1. The number of hydrogen-bond donors (Lipinski definition) is 0. The van der Waals surface area contributed by atoms with Crippen LogP contribution in [0.3, 0.4) is 0 Å². The minimum atomic E-state index is -1.74. The smallest absolute Gasteiger partial charge is 0.432 e. The van der Waals surface area contributed by atoms with Gasteiger partial charge in [0.05, 0.1) is 38.0 Å². The van der Waals surface area contributed by atoms with Crippen molar-refractivity contribution in [1.29, 1.82) is 0 Å². The summed E-state index contributed by atoms with van der Waals surface area (Å²) < 4.78 is 26.5. The highest BCUT2D eigenvalue weighted by molar-refractivity contribution is 6.74. The quantitative estimate of drug-likeness (QED) is 0.122. The van der Waals surface area contributed by atoms with E-state index in [2.05, 4.69) is 33.9 Å². The lowest BCUT2D eigenvalue weighted by Gasteiger charge is -2.36. The largest absolute Gasteiger partial charge is 0.513 e. The van der Waals surface area contributed by atoms with Crippen LogP contribution in [0.15, 0.2) is 24.3 Å². The predicted octanol–water partition coefficient (Wildman–Crippen LogP) is 4.17. The molecular weight excluding hydrogens is 398 g/mol. The van der Waals surface area contributed by atoms with E-state index >= 15 is 0 Å². The highest BCUT2D eigenvalue weighted by atomic mass is 28.4. The summed E-state index contributed by atoms with van der Waals surface area (Å²) in [6, 6.07) is 5.12. The molecular formula is C19H31NO8Si. The standard InChI is InChI=1S/C19H31NO8Si/c1-19(2,3)29(4,5)27-15-13-25-11-10-24-12-14-26-18(21)28-17-8-6-16(7-9-17)20(22)23/h6-9H,10-15H2,1-5H3. The third-order valence-corrected chi connectivity index (χ3v) is 9.10. The Morgan fingerprint density at radius 3 is 2.00 bits per heavy atom. The molecule has 0 amide bonds. The second-order valence-corrected chi connectivity index (χ2v) is 12.6. The number of benzene rings is 1. The van der Waals surface area contributed by atoms with Crippen molar-refractivity contribution in [1.82, 2.24) is 0 Å². The van der Waals surface area contributed by atoms with Gasteiger partial charge in [0.15, 0.2) is 8.32 Å². The zero-order valence-corrected chi connectivity index (χ0v) is 18.8. The van der Waals surface area contributed by atoms with Gasteiger partial charge in [0.25, 0.3) is 5.69 Å². The predicted molar refractivity (Wildman–Crippen MR) is 110 cm³/mol. The van der Waals surface area contributed by atoms with Crippen LogP contribution >= 0.6 is 0 Å². The lowest BCUT2D eigenvalue weighted by atomic mass is 10.2. The molecule has 1 aromatic carbocycles. The fraction of sp³-hybridized carbons (Fsp3) is 0.632. The summed E-state index contributed by atoms with van der Waals surface area (Å²) in [5.74, 6) is 0.162. The van der Waals surface area contributed by atoms with Gasteiger partial charge in [-0.05, 0) is 30.3 Å². The number of rotatable bonds is 12. The third-order valence-electron chi connectivity index (χ3n) is 4.57. The average molecular weight is 430 g/mol. The van der Waals surface area contributed by atoms with Crippen molar-refractivity contribution in [3.63, 3.8) is 0 Å². The van der Waals surface area contributed by atoms with E-state index in [1.54, 1.807) is 0 Å². The van der Waals surface area contributed by atoms with E-state index in [-0.39, 0.29) is 29.7 Å². The molecule has 1 aromatic rings. The van der Waals surface area contributed by atoms with Gasteiger partial charge in [-0.3, -0.25) is 10.1 Å². The Hall–Kier alpha value is -2.01. The van der Waals surface area contributed by atoms with Crippen LogP contribution < -0.4 is 4.74 Å². The summed E-state index contributed by atoms with van der Waals surface area (Å²) in [7, 11) is -1.74. The van der Waals surface area contributed by atoms with E-state index in [4.69, 9.17) is 23.4 Å². The van der Waals surface area contributed by atoms with Gasteiger partial charge in [-0.1, -0.05) is 20.8 Å². The minimum Gasteiger partial charge on any atom is -0.432 e. The van der Waals surface area contributed by atoms with Gasteiger partial charge in [0.2, 0.25) is 0 Å². The molecule has 164 valence electrons.